The minimum Gasteiger partial charge on any atom is -0.495 e. The van der Waals surface area contributed by atoms with Crippen molar-refractivity contribution in [3.63, 3.8) is 0 Å². The largest absolute Gasteiger partial charge is 0.495 e. The van der Waals surface area contributed by atoms with Gasteiger partial charge < -0.3 is 24.4 Å². The molecule has 1 aromatic carbocycles. The van der Waals surface area contributed by atoms with Crippen molar-refractivity contribution in [1.82, 2.24) is 14.9 Å². The van der Waals surface area contributed by atoms with E-state index in [1.807, 2.05) is 11.8 Å². The zero-order valence-electron chi connectivity index (χ0n) is 21.9. The van der Waals surface area contributed by atoms with Crippen LogP contribution in [0.1, 0.15) is 29.8 Å². The highest BCUT2D eigenvalue weighted by atomic mass is 32.1. The number of nitrogens with zero attached hydrogens (tertiary/aromatic N) is 6. The first-order valence-electron chi connectivity index (χ1n) is 12.4. The standard InChI is InChI=1S/C26H27F3N6O4S/c1-15-13-33(7-8-34(15)21-12-22(39-3)31-14-30-21)25-32-17-6-9-40-24(17)19(11-23(36)37)35(25)18-10-16(26(27,28)29)4-5-20(18)38-2/h4-6,9-10,12,14-15,19H,7-8,11,13H2,1-3H3,(H,36,37). The number of benzene rings is 1. The van der Waals surface area contributed by atoms with Gasteiger partial charge in [0.25, 0.3) is 0 Å². The van der Waals surface area contributed by atoms with Gasteiger partial charge in [-0.05, 0) is 36.6 Å². The molecule has 10 nitrogen and oxygen atoms in total. The molecule has 2 atom stereocenters. The van der Waals surface area contributed by atoms with Crippen LogP contribution in [-0.2, 0) is 11.0 Å². The third-order valence-electron chi connectivity index (χ3n) is 6.90. The first-order chi connectivity index (χ1) is 19.1. The van der Waals surface area contributed by atoms with Crippen LogP contribution in [0.2, 0.25) is 0 Å². The van der Waals surface area contributed by atoms with E-state index in [4.69, 9.17) is 14.5 Å². The summed E-state index contributed by atoms with van der Waals surface area (Å²) < 4.78 is 52.1. The normalized spacial score (nSPS) is 19.2. The summed E-state index contributed by atoms with van der Waals surface area (Å²) in [4.78, 5) is 31.6. The number of anilines is 2. The predicted octanol–water partition coefficient (Wildman–Crippen LogP) is 4.81. The summed E-state index contributed by atoms with van der Waals surface area (Å²) in [6.45, 7) is 3.42. The number of carboxylic acids is 1. The van der Waals surface area contributed by atoms with Crippen LogP contribution < -0.4 is 19.3 Å². The summed E-state index contributed by atoms with van der Waals surface area (Å²) >= 11 is 1.32. The average Bonchev–Trinajstić information content (AvgIpc) is 3.40. The molecule has 14 heteroatoms. The lowest BCUT2D eigenvalue weighted by Crippen LogP contribution is -2.58. The highest BCUT2D eigenvalue weighted by molar-refractivity contribution is 7.10. The molecule has 5 rings (SSSR count). The minimum atomic E-state index is -4.61. The lowest BCUT2D eigenvalue weighted by Gasteiger charge is -2.46. The Morgan fingerprint density at radius 2 is 1.95 bits per heavy atom. The number of rotatable bonds is 6. The van der Waals surface area contributed by atoms with E-state index in [0.717, 1.165) is 12.1 Å². The van der Waals surface area contributed by atoms with Crippen LogP contribution in [0.3, 0.4) is 0 Å². The quantitative estimate of drug-likeness (QED) is 0.443. The SMILES string of the molecule is COc1cc(N2CCN(C3=Nc4ccsc4C(CC(=O)O)N3c3cc(C(F)(F)F)ccc3OC)CC2C)ncn1. The maximum Gasteiger partial charge on any atom is 0.416 e. The van der Waals surface area contributed by atoms with Crippen LogP contribution in [0.4, 0.5) is 30.4 Å². The number of aliphatic carboxylic acids is 1. The van der Waals surface area contributed by atoms with Crippen molar-refractivity contribution in [2.45, 2.75) is 31.6 Å². The smallest absolute Gasteiger partial charge is 0.416 e. The van der Waals surface area contributed by atoms with Crippen LogP contribution in [0.25, 0.3) is 0 Å². The monoisotopic (exact) mass is 576 g/mol. The van der Waals surface area contributed by atoms with Gasteiger partial charge in [0.15, 0.2) is 0 Å². The number of methoxy groups -OCH3 is 2. The molecule has 0 amide bonds. The molecule has 0 aliphatic carbocycles. The number of thiophene rings is 1. The van der Waals surface area contributed by atoms with E-state index in [1.54, 1.807) is 22.4 Å². The van der Waals surface area contributed by atoms with E-state index in [1.165, 1.54) is 38.0 Å². The van der Waals surface area contributed by atoms with Gasteiger partial charge in [-0.25, -0.2) is 15.0 Å². The molecule has 1 N–H and O–H groups in total. The van der Waals surface area contributed by atoms with Gasteiger partial charge in [-0.2, -0.15) is 13.2 Å². The summed E-state index contributed by atoms with van der Waals surface area (Å²) in [6, 6.07) is 5.85. The fraction of sp³-hybridized carbons (Fsp3) is 0.385. The summed E-state index contributed by atoms with van der Waals surface area (Å²) in [5.41, 5.74) is -0.175. The van der Waals surface area contributed by atoms with Crippen molar-refractivity contribution >= 4 is 40.5 Å². The Hall–Kier alpha value is -4.07. The second-order valence-electron chi connectivity index (χ2n) is 9.36. The van der Waals surface area contributed by atoms with Gasteiger partial charge >= 0.3 is 12.1 Å². The van der Waals surface area contributed by atoms with Crippen molar-refractivity contribution in [3.8, 4) is 11.6 Å². The van der Waals surface area contributed by atoms with Crippen LogP contribution in [0, 0.1) is 0 Å². The van der Waals surface area contributed by atoms with Gasteiger partial charge in [0.1, 0.15) is 17.9 Å². The lowest BCUT2D eigenvalue weighted by molar-refractivity contribution is -0.138. The predicted molar refractivity (Wildman–Crippen MR) is 144 cm³/mol. The van der Waals surface area contributed by atoms with Crippen LogP contribution in [0.5, 0.6) is 11.6 Å². The zero-order chi connectivity index (χ0) is 28.6. The molecule has 0 bridgehead atoms. The third-order valence-corrected chi connectivity index (χ3v) is 7.91. The number of ether oxygens (including phenoxy) is 2. The van der Waals surface area contributed by atoms with E-state index >= 15 is 0 Å². The Morgan fingerprint density at radius 3 is 2.62 bits per heavy atom. The molecule has 40 heavy (non-hydrogen) atoms. The summed E-state index contributed by atoms with van der Waals surface area (Å²) in [5, 5.41) is 11.6. The van der Waals surface area contributed by atoms with Crippen LogP contribution in [0.15, 0.2) is 47.0 Å². The molecular formula is C26H27F3N6O4S. The molecule has 212 valence electrons. The van der Waals surface area contributed by atoms with E-state index in [9.17, 15) is 23.1 Å². The molecule has 2 aromatic heterocycles. The Balaban J connectivity index is 1.58. The highest BCUT2D eigenvalue weighted by Crippen LogP contribution is 2.47. The number of carboxylic acid groups (broad SMARTS) is 1. The Bertz CT molecular complexity index is 1430. The van der Waals surface area contributed by atoms with Crippen molar-refractivity contribution in [2.75, 3.05) is 43.7 Å². The molecule has 2 unspecified atom stereocenters. The van der Waals surface area contributed by atoms with E-state index in [2.05, 4.69) is 14.9 Å². The number of hydrogen-bond acceptors (Lipinski definition) is 10. The van der Waals surface area contributed by atoms with Crippen molar-refractivity contribution < 1.29 is 32.5 Å². The first-order valence-corrected chi connectivity index (χ1v) is 13.3. The Kier molecular flexibility index (Phi) is 7.45. The molecule has 0 radical (unpaired) electrons. The van der Waals surface area contributed by atoms with E-state index in [0.29, 0.717) is 47.9 Å². The summed E-state index contributed by atoms with van der Waals surface area (Å²) in [7, 11) is 2.89. The second kappa shape index (κ2) is 10.8. The summed E-state index contributed by atoms with van der Waals surface area (Å²) in [6.07, 6.45) is -3.53. The molecule has 1 saturated heterocycles. The zero-order valence-corrected chi connectivity index (χ0v) is 22.7. The third kappa shape index (κ3) is 5.22. The Labute approximate surface area is 232 Å². The number of halogens is 3. The number of hydrogen-bond donors (Lipinski definition) is 1. The number of fused-ring (bicyclic) bond motifs is 1. The minimum absolute atomic E-state index is 0.0805. The van der Waals surface area contributed by atoms with Crippen LogP contribution >= 0.6 is 11.3 Å². The maximum absolute atomic E-state index is 13.8. The van der Waals surface area contributed by atoms with E-state index in [-0.39, 0.29) is 23.9 Å². The number of carbonyl (C=O) groups is 1. The molecule has 0 spiro atoms. The second-order valence-corrected chi connectivity index (χ2v) is 10.3. The molecule has 1 fully saturated rings. The fourth-order valence-corrected chi connectivity index (χ4v) is 5.98. The number of guanidine groups is 1. The topological polar surface area (TPSA) is 104 Å². The molecule has 0 saturated carbocycles. The van der Waals surface area contributed by atoms with Crippen molar-refractivity contribution in [3.05, 3.63) is 52.5 Å². The molecule has 4 heterocycles. The fourth-order valence-electron chi connectivity index (χ4n) is 5.06. The van der Waals surface area contributed by atoms with Crippen molar-refractivity contribution in [2.24, 2.45) is 4.99 Å². The molecule has 2 aliphatic rings. The molecule has 2 aliphatic heterocycles. The summed E-state index contributed by atoms with van der Waals surface area (Å²) in [5.74, 6) is 0.570. The highest BCUT2D eigenvalue weighted by Gasteiger charge is 2.41. The van der Waals surface area contributed by atoms with E-state index < -0.39 is 23.8 Å². The maximum atomic E-state index is 13.8. The lowest BCUT2D eigenvalue weighted by atomic mass is 10.0. The number of piperazine rings is 1. The Morgan fingerprint density at radius 1 is 1.15 bits per heavy atom. The van der Waals surface area contributed by atoms with Gasteiger partial charge in [-0.1, -0.05) is 0 Å². The first kappa shape index (κ1) is 27.5. The van der Waals surface area contributed by atoms with Gasteiger partial charge in [0.2, 0.25) is 11.8 Å². The molecule has 3 aromatic rings. The number of aromatic nitrogens is 2. The van der Waals surface area contributed by atoms with Gasteiger partial charge in [0.05, 0.1) is 48.5 Å². The number of aliphatic imine (C=N–C) groups is 1. The van der Waals surface area contributed by atoms with Crippen molar-refractivity contribution in [1.29, 1.82) is 0 Å². The number of alkyl halides is 3. The average molecular weight is 577 g/mol. The van der Waals surface area contributed by atoms with Gasteiger partial charge in [-0.3, -0.25) is 9.69 Å². The van der Waals surface area contributed by atoms with Gasteiger partial charge in [-0.15, -0.1) is 11.3 Å². The molecular weight excluding hydrogens is 549 g/mol. The van der Waals surface area contributed by atoms with Gasteiger partial charge in [0, 0.05) is 31.7 Å². The van der Waals surface area contributed by atoms with Crippen LogP contribution in [-0.4, -0.2) is 71.8 Å².